The molecular formula is C20H27F3N6O. The van der Waals surface area contributed by atoms with Gasteiger partial charge in [-0.25, -0.2) is 0 Å². The number of anilines is 1. The van der Waals surface area contributed by atoms with Crippen LogP contribution in [-0.2, 0) is 12.6 Å². The van der Waals surface area contributed by atoms with E-state index in [-0.39, 0.29) is 0 Å². The summed E-state index contributed by atoms with van der Waals surface area (Å²) in [6.07, 6.45) is -2.86. The van der Waals surface area contributed by atoms with Gasteiger partial charge in [0.2, 0.25) is 5.89 Å². The van der Waals surface area contributed by atoms with E-state index in [0.717, 1.165) is 25.0 Å². The smallest absolute Gasteiger partial charge is 0.368 e. The van der Waals surface area contributed by atoms with Crippen LogP contribution in [0, 0.1) is 6.92 Å². The van der Waals surface area contributed by atoms with Crippen LogP contribution in [0.15, 0.2) is 33.8 Å². The van der Waals surface area contributed by atoms with Gasteiger partial charge >= 0.3 is 6.18 Å². The number of aromatic nitrogens is 2. The molecule has 1 fully saturated rings. The van der Waals surface area contributed by atoms with Gasteiger partial charge < -0.3 is 19.6 Å². The van der Waals surface area contributed by atoms with E-state index in [2.05, 4.69) is 25.3 Å². The topological polar surface area (TPSA) is 69.8 Å². The Kier molecular flexibility index (Phi) is 7.17. The Bertz CT molecular complexity index is 843. The van der Waals surface area contributed by atoms with Gasteiger partial charge in [0.05, 0.1) is 5.56 Å². The van der Waals surface area contributed by atoms with Crippen LogP contribution in [0.25, 0.3) is 0 Å². The fourth-order valence-corrected chi connectivity index (χ4v) is 3.34. The SMILES string of the molecule is CCNC(=NCCCc1nc(C)no1)N1CCN(c2cccc(C(F)(F)F)c2)CC1. The number of piperazine rings is 1. The Morgan fingerprint density at radius 3 is 2.63 bits per heavy atom. The van der Waals surface area contributed by atoms with E-state index in [1.165, 1.54) is 12.1 Å². The van der Waals surface area contributed by atoms with Crippen LogP contribution in [0.3, 0.4) is 0 Å². The first-order valence-electron chi connectivity index (χ1n) is 10.1. The highest BCUT2D eigenvalue weighted by Crippen LogP contribution is 2.31. The van der Waals surface area contributed by atoms with Gasteiger partial charge in [0.15, 0.2) is 11.8 Å². The molecule has 0 radical (unpaired) electrons. The molecule has 7 nitrogen and oxygen atoms in total. The van der Waals surface area contributed by atoms with Crippen molar-refractivity contribution >= 4 is 11.6 Å². The minimum absolute atomic E-state index is 0.598. The van der Waals surface area contributed by atoms with Crippen LogP contribution in [0.1, 0.15) is 30.6 Å². The monoisotopic (exact) mass is 424 g/mol. The molecule has 1 aliphatic rings. The molecule has 1 aromatic carbocycles. The zero-order valence-electron chi connectivity index (χ0n) is 17.2. The number of aryl methyl sites for hydroxylation is 2. The van der Waals surface area contributed by atoms with E-state index in [0.29, 0.717) is 56.5 Å². The third kappa shape index (κ3) is 5.87. The zero-order valence-corrected chi connectivity index (χ0v) is 17.2. The van der Waals surface area contributed by atoms with Crippen LogP contribution in [0.5, 0.6) is 0 Å². The largest absolute Gasteiger partial charge is 0.416 e. The van der Waals surface area contributed by atoms with Crippen LogP contribution >= 0.6 is 0 Å². The number of benzene rings is 1. The molecule has 164 valence electrons. The Balaban J connectivity index is 1.54. The van der Waals surface area contributed by atoms with E-state index >= 15 is 0 Å². The molecule has 0 amide bonds. The van der Waals surface area contributed by atoms with Crippen molar-refractivity contribution < 1.29 is 17.7 Å². The average Bonchev–Trinajstić information content (AvgIpc) is 3.15. The summed E-state index contributed by atoms with van der Waals surface area (Å²) < 4.78 is 44.0. The molecule has 2 heterocycles. The highest BCUT2D eigenvalue weighted by atomic mass is 19.4. The van der Waals surface area contributed by atoms with E-state index < -0.39 is 11.7 Å². The third-order valence-corrected chi connectivity index (χ3v) is 4.83. The second kappa shape index (κ2) is 9.82. The lowest BCUT2D eigenvalue weighted by atomic mass is 10.1. The Labute approximate surface area is 174 Å². The van der Waals surface area contributed by atoms with Gasteiger partial charge in [-0.2, -0.15) is 18.2 Å². The molecule has 1 saturated heterocycles. The molecule has 3 rings (SSSR count). The molecule has 0 saturated carbocycles. The molecule has 0 bridgehead atoms. The summed E-state index contributed by atoms with van der Waals surface area (Å²) in [5.74, 6) is 2.06. The molecule has 0 aliphatic carbocycles. The molecule has 10 heteroatoms. The molecule has 1 N–H and O–H groups in total. The van der Waals surface area contributed by atoms with Crippen molar-refractivity contribution in [3.05, 3.63) is 41.5 Å². The van der Waals surface area contributed by atoms with E-state index in [1.54, 1.807) is 13.0 Å². The maximum Gasteiger partial charge on any atom is 0.416 e. The van der Waals surface area contributed by atoms with Crippen molar-refractivity contribution in [1.82, 2.24) is 20.4 Å². The summed E-state index contributed by atoms with van der Waals surface area (Å²) in [5, 5.41) is 7.07. The number of guanidine groups is 1. The van der Waals surface area contributed by atoms with Crippen LogP contribution < -0.4 is 10.2 Å². The fourth-order valence-electron chi connectivity index (χ4n) is 3.34. The molecule has 1 aromatic heterocycles. The normalized spacial score (nSPS) is 15.6. The predicted molar refractivity (Wildman–Crippen MR) is 109 cm³/mol. The third-order valence-electron chi connectivity index (χ3n) is 4.83. The van der Waals surface area contributed by atoms with Crippen molar-refractivity contribution in [2.75, 3.05) is 44.2 Å². The van der Waals surface area contributed by atoms with Gasteiger partial charge in [-0.1, -0.05) is 11.2 Å². The van der Waals surface area contributed by atoms with Gasteiger partial charge in [-0.3, -0.25) is 4.99 Å². The maximum absolute atomic E-state index is 13.0. The van der Waals surface area contributed by atoms with Gasteiger partial charge in [0.25, 0.3) is 0 Å². The highest BCUT2D eigenvalue weighted by molar-refractivity contribution is 5.80. The van der Waals surface area contributed by atoms with Gasteiger partial charge in [0, 0.05) is 51.4 Å². The van der Waals surface area contributed by atoms with Gasteiger partial charge in [0.1, 0.15) is 0 Å². The minimum atomic E-state index is -4.33. The second-order valence-corrected chi connectivity index (χ2v) is 7.10. The number of alkyl halides is 3. The molecular weight excluding hydrogens is 397 g/mol. The number of rotatable bonds is 6. The summed E-state index contributed by atoms with van der Waals surface area (Å²) in [7, 11) is 0. The van der Waals surface area contributed by atoms with E-state index in [9.17, 15) is 13.2 Å². The summed E-state index contributed by atoms with van der Waals surface area (Å²) in [6, 6.07) is 5.50. The Hall–Kier alpha value is -2.78. The average molecular weight is 424 g/mol. The van der Waals surface area contributed by atoms with Crippen molar-refractivity contribution in [1.29, 1.82) is 0 Å². The fraction of sp³-hybridized carbons (Fsp3) is 0.550. The number of hydrogen-bond donors (Lipinski definition) is 1. The molecule has 2 aromatic rings. The van der Waals surface area contributed by atoms with Crippen LogP contribution in [-0.4, -0.2) is 60.3 Å². The highest BCUT2D eigenvalue weighted by Gasteiger charge is 2.31. The minimum Gasteiger partial charge on any atom is -0.368 e. The van der Waals surface area contributed by atoms with Crippen molar-refractivity contribution in [3.63, 3.8) is 0 Å². The Morgan fingerprint density at radius 1 is 1.23 bits per heavy atom. The van der Waals surface area contributed by atoms with Crippen LogP contribution in [0.2, 0.25) is 0 Å². The number of aliphatic imine (C=N–C) groups is 1. The molecule has 1 aliphatic heterocycles. The standard InChI is InChI=1S/C20H27F3N6O/c1-3-24-19(25-9-5-8-18-26-15(2)27-30-18)29-12-10-28(11-13-29)17-7-4-6-16(14-17)20(21,22)23/h4,6-7,14H,3,5,8-13H2,1-2H3,(H,24,25). The van der Waals surface area contributed by atoms with Crippen molar-refractivity contribution in [2.24, 2.45) is 4.99 Å². The molecule has 30 heavy (non-hydrogen) atoms. The number of halogens is 3. The lowest BCUT2D eigenvalue weighted by Crippen LogP contribution is -2.52. The van der Waals surface area contributed by atoms with Crippen molar-refractivity contribution in [2.45, 2.75) is 32.9 Å². The van der Waals surface area contributed by atoms with Crippen molar-refractivity contribution in [3.8, 4) is 0 Å². The summed E-state index contributed by atoms with van der Waals surface area (Å²) in [6.45, 7) is 7.80. The lowest BCUT2D eigenvalue weighted by molar-refractivity contribution is -0.137. The Morgan fingerprint density at radius 2 is 2.00 bits per heavy atom. The molecule has 0 atom stereocenters. The predicted octanol–water partition coefficient (Wildman–Crippen LogP) is 3.12. The number of nitrogens with zero attached hydrogens (tertiary/aromatic N) is 5. The maximum atomic E-state index is 13.0. The zero-order chi connectivity index (χ0) is 21.6. The summed E-state index contributed by atoms with van der Waals surface area (Å²) >= 11 is 0. The van der Waals surface area contributed by atoms with E-state index in [4.69, 9.17) is 4.52 Å². The summed E-state index contributed by atoms with van der Waals surface area (Å²) in [4.78, 5) is 13.0. The molecule has 0 unspecified atom stereocenters. The van der Waals surface area contributed by atoms with Gasteiger partial charge in [-0.05, 0) is 38.5 Å². The number of hydrogen-bond acceptors (Lipinski definition) is 5. The summed E-state index contributed by atoms with van der Waals surface area (Å²) in [5.41, 5.74) is -0.0185. The van der Waals surface area contributed by atoms with Gasteiger partial charge in [-0.15, -0.1) is 0 Å². The first-order valence-corrected chi connectivity index (χ1v) is 10.1. The first kappa shape index (κ1) is 21.9. The number of nitrogens with one attached hydrogen (secondary N) is 1. The van der Waals surface area contributed by atoms with Crippen LogP contribution in [0.4, 0.5) is 18.9 Å². The molecule has 0 spiro atoms. The second-order valence-electron chi connectivity index (χ2n) is 7.10. The lowest BCUT2D eigenvalue weighted by Gasteiger charge is -2.38. The van der Waals surface area contributed by atoms with E-state index in [1.807, 2.05) is 11.8 Å². The first-order chi connectivity index (χ1) is 14.4. The quantitative estimate of drug-likeness (QED) is 0.437.